The molecule has 1 saturated carbocycles. The predicted octanol–water partition coefficient (Wildman–Crippen LogP) is 3.54. The fourth-order valence-corrected chi connectivity index (χ4v) is 3.34. The highest BCUT2D eigenvalue weighted by Gasteiger charge is 2.26. The van der Waals surface area contributed by atoms with E-state index in [2.05, 4.69) is 18.4 Å². The highest BCUT2D eigenvalue weighted by atomic mass is 35.5. The maximum atomic E-state index is 6.03. The van der Waals surface area contributed by atoms with Crippen molar-refractivity contribution >= 4 is 11.6 Å². The van der Waals surface area contributed by atoms with Crippen LogP contribution in [0, 0.1) is 11.8 Å². The molecule has 3 heteroatoms. The standard InChI is InChI=1S/C15H23ClN2/c1-11-4-2-6-13(8-11)15(18-17)10-12-5-3-7-14(16)9-12/h3,5,7,9,11,13,15,18H,2,4,6,8,10,17H2,1H3. The normalized spacial score (nSPS) is 25.9. The van der Waals surface area contributed by atoms with Gasteiger partial charge in [0.25, 0.3) is 0 Å². The SMILES string of the molecule is CC1CCCC(C(Cc2cccc(Cl)c2)NN)C1. The van der Waals surface area contributed by atoms with E-state index in [4.69, 9.17) is 17.4 Å². The van der Waals surface area contributed by atoms with E-state index in [0.717, 1.165) is 17.4 Å². The molecule has 0 radical (unpaired) electrons. The molecule has 3 N–H and O–H groups in total. The molecular weight excluding hydrogens is 244 g/mol. The van der Waals surface area contributed by atoms with E-state index >= 15 is 0 Å². The van der Waals surface area contributed by atoms with E-state index in [1.54, 1.807) is 0 Å². The smallest absolute Gasteiger partial charge is 0.0408 e. The third-order valence-electron chi connectivity index (χ3n) is 4.10. The topological polar surface area (TPSA) is 38.0 Å². The molecule has 3 atom stereocenters. The average Bonchev–Trinajstić information content (AvgIpc) is 2.36. The number of nitrogens with one attached hydrogen (secondary N) is 1. The number of hydrogen-bond acceptors (Lipinski definition) is 2. The Balaban J connectivity index is 2.00. The van der Waals surface area contributed by atoms with E-state index in [0.29, 0.717) is 12.0 Å². The first-order valence-corrected chi connectivity index (χ1v) is 7.27. The van der Waals surface area contributed by atoms with Gasteiger partial charge in [0.15, 0.2) is 0 Å². The van der Waals surface area contributed by atoms with Crippen molar-refractivity contribution in [2.45, 2.75) is 45.1 Å². The van der Waals surface area contributed by atoms with E-state index in [9.17, 15) is 0 Å². The van der Waals surface area contributed by atoms with Crippen LogP contribution in [-0.4, -0.2) is 6.04 Å². The van der Waals surface area contributed by atoms with Crippen LogP contribution in [0.1, 0.15) is 38.2 Å². The lowest BCUT2D eigenvalue weighted by molar-refractivity contribution is 0.222. The van der Waals surface area contributed by atoms with E-state index in [1.807, 2.05) is 18.2 Å². The van der Waals surface area contributed by atoms with Gasteiger partial charge in [0, 0.05) is 11.1 Å². The maximum absolute atomic E-state index is 6.03. The molecule has 0 bridgehead atoms. The van der Waals surface area contributed by atoms with Gasteiger partial charge in [-0.2, -0.15) is 0 Å². The minimum atomic E-state index is 0.367. The van der Waals surface area contributed by atoms with Crippen LogP contribution in [0.5, 0.6) is 0 Å². The third kappa shape index (κ3) is 3.71. The van der Waals surface area contributed by atoms with E-state index in [-0.39, 0.29) is 0 Å². The van der Waals surface area contributed by atoms with Crippen LogP contribution in [0.3, 0.4) is 0 Å². The van der Waals surface area contributed by atoms with Gasteiger partial charge in [-0.05, 0) is 48.8 Å². The molecule has 2 rings (SSSR count). The van der Waals surface area contributed by atoms with Gasteiger partial charge in [0.1, 0.15) is 0 Å². The van der Waals surface area contributed by atoms with Crippen LogP contribution < -0.4 is 11.3 Å². The van der Waals surface area contributed by atoms with Gasteiger partial charge in [-0.3, -0.25) is 11.3 Å². The summed E-state index contributed by atoms with van der Waals surface area (Å²) in [4.78, 5) is 0. The van der Waals surface area contributed by atoms with Crippen molar-refractivity contribution in [1.82, 2.24) is 5.43 Å². The molecule has 1 aliphatic rings. The molecule has 1 aromatic carbocycles. The van der Waals surface area contributed by atoms with Gasteiger partial charge in [-0.25, -0.2) is 0 Å². The fraction of sp³-hybridized carbons (Fsp3) is 0.600. The molecule has 0 saturated heterocycles. The average molecular weight is 267 g/mol. The Morgan fingerprint density at radius 2 is 2.28 bits per heavy atom. The van der Waals surface area contributed by atoms with Gasteiger partial charge in [0.2, 0.25) is 0 Å². The quantitative estimate of drug-likeness (QED) is 0.646. The lowest BCUT2D eigenvalue weighted by Gasteiger charge is -2.33. The largest absolute Gasteiger partial charge is 0.271 e. The second-order valence-corrected chi connectivity index (χ2v) is 6.08. The number of halogens is 1. The summed E-state index contributed by atoms with van der Waals surface area (Å²) >= 11 is 6.03. The minimum absolute atomic E-state index is 0.367. The molecule has 1 fully saturated rings. The maximum Gasteiger partial charge on any atom is 0.0408 e. The lowest BCUT2D eigenvalue weighted by Crippen LogP contribution is -2.43. The summed E-state index contributed by atoms with van der Waals surface area (Å²) in [6.07, 6.45) is 6.24. The Labute approximate surface area is 115 Å². The third-order valence-corrected chi connectivity index (χ3v) is 4.34. The van der Waals surface area contributed by atoms with Crippen LogP contribution >= 0.6 is 11.6 Å². The number of benzene rings is 1. The Morgan fingerprint density at radius 1 is 1.44 bits per heavy atom. The van der Waals surface area contributed by atoms with E-state index < -0.39 is 0 Å². The summed E-state index contributed by atoms with van der Waals surface area (Å²) < 4.78 is 0. The Hall–Kier alpha value is -0.570. The molecule has 18 heavy (non-hydrogen) atoms. The highest BCUT2D eigenvalue weighted by Crippen LogP contribution is 2.31. The number of nitrogens with two attached hydrogens (primary N) is 1. The summed E-state index contributed by atoms with van der Waals surface area (Å²) in [6, 6.07) is 8.46. The van der Waals surface area contributed by atoms with Crippen LogP contribution in [0.2, 0.25) is 5.02 Å². The molecule has 1 aromatic rings. The second kappa shape index (κ2) is 6.55. The number of rotatable bonds is 4. The van der Waals surface area contributed by atoms with Crippen molar-refractivity contribution in [1.29, 1.82) is 0 Å². The summed E-state index contributed by atoms with van der Waals surface area (Å²) in [5, 5.41) is 0.806. The molecule has 3 unspecified atom stereocenters. The van der Waals surface area contributed by atoms with Crippen LogP contribution in [0.25, 0.3) is 0 Å². The summed E-state index contributed by atoms with van der Waals surface area (Å²) in [7, 11) is 0. The summed E-state index contributed by atoms with van der Waals surface area (Å²) in [5.41, 5.74) is 4.28. The van der Waals surface area contributed by atoms with Gasteiger partial charge >= 0.3 is 0 Å². The molecule has 0 aliphatic heterocycles. The molecule has 100 valence electrons. The van der Waals surface area contributed by atoms with Crippen LogP contribution in [-0.2, 0) is 6.42 Å². The molecule has 0 amide bonds. The monoisotopic (exact) mass is 266 g/mol. The van der Waals surface area contributed by atoms with E-state index in [1.165, 1.54) is 31.2 Å². The zero-order valence-corrected chi connectivity index (χ0v) is 11.8. The molecule has 0 aromatic heterocycles. The van der Waals surface area contributed by atoms with Crippen molar-refractivity contribution in [2.75, 3.05) is 0 Å². The summed E-state index contributed by atoms with van der Waals surface area (Å²) in [6.45, 7) is 2.35. The first kappa shape index (κ1) is 13.9. The van der Waals surface area contributed by atoms with Gasteiger partial charge < -0.3 is 0 Å². The van der Waals surface area contributed by atoms with Gasteiger partial charge in [-0.1, -0.05) is 43.5 Å². The van der Waals surface area contributed by atoms with Crippen molar-refractivity contribution in [3.05, 3.63) is 34.9 Å². The molecule has 2 nitrogen and oxygen atoms in total. The Kier molecular flexibility index (Phi) is 5.04. The lowest BCUT2D eigenvalue weighted by atomic mass is 9.77. The van der Waals surface area contributed by atoms with Gasteiger partial charge in [0.05, 0.1) is 0 Å². The first-order valence-electron chi connectivity index (χ1n) is 6.89. The molecule has 0 spiro atoms. The fourth-order valence-electron chi connectivity index (χ4n) is 3.13. The Morgan fingerprint density at radius 3 is 2.94 bits per heavy atom. The van der Waals surface area contributed by atoms with Crippen molar-refractivity contribution < 1.29 is 0 Å². The van der Waals surface area contributed by atoms with Crippen molar-refractivity contribution in [2.24, 2.45) is 17.7 Å². The minimum Gasteiger partial charge on any atom is -0.271 e. The first-order chi connectivity index (χ1) is 8.69. The zero-order valence-electron chi connectivity index (χ0n) is 11.0. The van der Waals surface area contributed by atoms with Crippen LogP contribution in [0.4, 0.5) is 0 Å². The number of hydrogen-bond donors (Lipinski definition) is 2. The summed E-state index contributed by atoms with van der Waals surface area (Å²) in [5.74, 6) is 7.28. The number of hydrazine groups is 1. The van der Waals surface area contributed by atoms with Crippen LogP contribution in [0.15, 0.2) is 24.3 Å². The molecule has 1 aliphatic carbocycles. The molecular formula is C15H23ClN2. The van der Waals surface area contributed by atoms with Crippen molar-refractivity contribution in [3.8, 4) is 0 Å². The second-order valence-electron chi connectivity index (χ2n) is 5.64. The zero-order chi connectivity index (χ0) is 13.0. The predicted molar refractivity (Wildman–Crippen MR) is 77.4 cm³/mol. The molecule has 0 heterocycles. The Bertz CT molecular complexity index is 381. The van der Waals surface area contributed by atoms with Gasteiger partial charge in [-0.15, -0.1) is 0 Å². The highest BCUT2D eigenvalue weighted by molar-refractivity contribution is 6.30. The van der Waals surface area contributed by atoms with Crippen molar-refractivity contribution in [3.63, 3.8) is 0 Å².